The fourth-order valence-corrected chi connectivity index (χ4v) is 22.8. The van der Waals surface area contributed by atoms with E-state index in [4.69, 9.17) is 9.96 Å². The molecule has 0 bridgehead atoms. The molecule has 6 heteroatoms. The maximum atomic E-state index is 5.47. The van der Waals surface area contributed by atoms with E-state index in [0.29, 0.717) is 0 Å². The minimum atomic E-state index is -1.61. The normalized spacial score (nSPS) is 31.1. The molecule has 6 aliphatic rings. The Bertz CT molecular complexity index is 1490. The Hall–Kier alpha value is -0.298. The van der Waals surface area contributed by atoms with E-state index in [2.05, 4.69) is 135 Å². The molecule has 357 valence electrons. The minimum absolute atomic E-state index is 0. The van der Waals surface area contributed by atoms with Gasteiger partial charge in [-0.25, -0.2) is 0 Å². The third kappa shape index (κ3) is 16.4. The van der Waals surface area contributed by atoms with E-state index in [0.717, 1.165) is 70.3 Å². The van der Waals surface area contributed by atoms with Crippen LogP contribution in [0.4, 0.5) is 0 Å². The van der Waals surface area contributed by atoms with Gasteiger partial charge in [0.05, 0.1) is 0 Å². The van der Waals surface area contributed by atoms with Gasteiger partial charge < -0.3 is 47.1 Å². The van der Waals surface area contributed by atoms with Crippen molar-refractivity contribution < 1.29 is 43.4 Å². The van der Waals surface area contributed by atoms with Gasteiger partial charge in [-0.1, -0.05) is 219 Å². The van der Waals surface area contributed by atoms with Crippen LogP contribution >= 0.6 is 0 Å². The minimum Gasteiger partial charge on any atom is -0.660 e. The zero-order chi connectivity index (χ0) is 41.2. The van der Waals surface area contributed by atoms with E-state index in [1.807, 2.05) is 19.1 Å². The summed E-state index contributed by atoms with van der Waals surface area (Å²) in [5, 5.41) is 0. The summed E-state index contributed by atoms with van der Waals surface area (Å²) in [6, 6.07) is 23.0. The summed E-state index contributed by atoms with van der Waals surface area (Å²) in [7, 11) is -3.22. The van der Waals surface area contributed by atoms with Crippen LogP contribution in [0.15, 0.2) is 85.5 Å². The number of rotatable bonds is 7. The molecule has 64 heavy (non-hydrogen) atoms. The Balaban J connectivity index is 0. The van der Waals surface area contributed by atoms with Crippen molar-refractivity contribution in [1.29, 1.82) is 0 Å². The van der Waals surface area contributed by atoms with Gasteiger partial charge in [0.1, 0.15) is 0 Å². The van der Waals surface area contributed by atoms with Crippen LogP contribution in [-0.2, 0) is 43.4 Å². The Kier molecular flexibility index (Phi) is 28.6. The van der Waals surface area contributed by atoms with E-state index >= 15 is 0 Å². The molecule has 0 heterocycles. The first-order valence-corrected chi connectivity index (χ1v) is 29.8. The van der Waals surface area contributed by atoms with Crippen molar-refractivity contribution in [2.24, 2.45) is 47.3 Å². The summed E-state index contributed by atoms with van der Waals surface area (Å²) in [6.45, 7) is 29.5. The Morgan fingerprint density at radius 2 is 0.812 bits per heavy atom. The molecule has 6 saturated carbocycles. The maximum Gasteiger partial charge on any atom is 4.00 e. The van der Waals surface area contributed by atoms with Gasteiger partial charge in [0.15, 0.2) is 0 Å². The van der Waals surface area contributed by atoms with E-state index in [9.17, 15) is 0 Å². The molecule has 12 unspecified atom stereocenters. The van der Waals surface area contributed by atoms with Crippen molar-refractivity contribution in [2.45, 2.75) is 186 Å². The zero-order valence-electron chi connectivity index (χ0n) is 44.5. The molecule has 12 atom stereocenters. The molecule has 1 radical (unpaired) electrons. The standard InChI is InChI=1S/2C24H38NSi.C5H8.5CH3.2Ti/c2*1-24(2,3)25-26(4,5)23-16-20(17-10-7-6-8-11-17)21-14-18-12-9-13-19(18)15-22(21)23;1-3-5-4-2;;;;;;;/h2*6-8,10-11,18-23H,9,12-16H2,1-5H3;3-5H,1H2,2H3;5*1H3;;/q2*-1;;5*-1;+3;+4/b;;5-4+;;;;;;;. The Morgan fingerprint density at radius 3 is 1.06 bits per heavy atom. The molecule has 0 N–H and O–H groups in total. The van der Waals surface area contributed by atoms with E-state index < -0.39 is 16.5 Å². The van der Waals surface area contributed by atoms with Crippen LogP contribution in [0.2, 0.25) is 37.3 Å². The predicted molar refractivity (Wildman–Crippen MR) is 287 cm³/mol. The summed E-state index contributed by atoms with van der Waals surface area (Å²) in [6.07, 6.45) is 23.4. The molecular formula is C58H99N2Si2Ti2. The molecular weight excluding hydrogens is 877 g/mol. The van der Waals surface area contributed by atoms with Crippen molar-refractivity contribution in [3.8, 4) is 0 Å². The molecule has 6 aliphatic carbocycles. The largest absolute Gasteiger partial charge is 4.00 e. The fourth-order valence-electron chi connectivity index (χ4n) is 14.5. The molecule has 8 rings (SSSR count). The molecule has 0 saturated heterocycles. The maximum absolute atomic E-state index is 5.47. The number of hydrogen-bond donors (Lipinski definition) is 0. The summed E-state index contributed by atoms with van der Waals surface area (Å²) in [5.74, 6) is 9.42. The third-order valence-corrected chi connectivity index (χ3v) is 23.4. The zero-order valence-corrected chi connectivity index (χ0v) is 49.6. The van der Waals surface area contributed by atoms with E-state index in [1.54, 1.807) is 17.2 Å². The smallest absolute Gasteiger partial charge is 0.660 e. The Morgan fingerprint density at radius 1 is 0.516 bits per heavy atom. The first-order valence-electron chi connectivity index (χ1n) is 23.7. The predicted octanol–water partition coefficient (Wildman–Crippen LogP) is 18.7. The summed E-state index contributed by atoms with van der Waals surface area (Å²) >= 11 is 0. The molecule has 2 aromatic rings. The van der Waals surface area contributed by atoms with Gasteiger partial charge in [0.25, 0.3) is 0 Å². The van der Waals surface area contributed by atoms with E-state index in [-0.39, 0.29) is 91.6 Å². The van der Waals surface area contributed by atoms with Crippen LogP contribution < -0.4 is 0 Å². The molecule has 2 aromatic carbocycles. The number of fused-ring (bicyclic) bond motifs is 4. The van der Waals surface area contributed by atoms with Crippen molar-refractivity contribution in [3.05, 3.63) is 144 Å². The van der Waals surface area contributed by atoms with Gasteiger partial charge in [-0.05, 0) is 116 Å². The van der Waals surface area contributed by atoms with Gasteiger partial charge in [0, 0.05) is 0 Å². The summed E-state index contributed by atoms with van der Waals surface area (Å²) in [4.78, 5) is 10.9. The Labute approximate surface area is 433 Å². The number of hydrogen-bond acceptors (Lipinski definition) is 0. The first kappa shape index (κ1) is 65.8. The van der Waals surface area contributed by atoms with Crippen LogP contribution in [0.1, 0.15) is 148 Å². The third-order valence-electron chi connectivity index (χ3n) is 16.0. The van der Waals surface area contributed by atoms with Crippen molar-refractivity contribution >= 4 is 16.5 Å². The summed E-state index contributed by atoms with van der Waals surface area (Å²) < 4.78 is 0. The molecule has 6 fully saturated rings. The second kappa shape index (κ2) is 27.8. The van der Waals surface area contributed by atoms with Crippen LogP contribution in [0, 0.1) is 84.5 Å². The SMILES string of the molecule is C=C/C=C/C.CC(C)(C)[N-][Si](C)(C)C1CC(c2ccccc2)C2CC3CCCC3CC21.CC(C)(C)[N-][Si](C)(C)C1CC(c2ccccc2)C2CC3CCCC3CC21.[CH3-].[CH3-].[CH3-].[CH3-].[CH3-].[Ti+3].[Ti+4]. The average Bonchev–Trinajstić information content (AvgIpc) is 3.94. The average molecular weight is 976 g/mol. The number of allylic oxidation sites excluding steroid dienone is 3. The van der Waals surface area contributed by atoms with Crippen LogP contribution in [0.3, 0.4) is 0 Å². The first-order chi connectivity index (χ1) is 26.9. The number of nitrogens with zero attached hydrogens (tertiary/aromatic N) is 2. The van der Waals surface area contributed by atoms with Crippen molar-refractivity contribution in [1.82, 2.24) is 0 Å². The topological polar surface area (TPSA) is 28.2 Å². The molecule has 0 aliphatic heterocycles. The summed E-state index contributed by atoms with van der Waals surface area (Å²) in [5.41, 5.74) is 5.20. The van der Waals surface area contributed by atoms with Crippen molar-refractivity contribution in [2.75, 3.05) is 0 Å². The second-order valence-corrected chi connectivity index (χ2v) is 31.4. The van der Waals surface area contributed by atoms with Gasteiger partial charge in [-0.2, -0.15) is 0 Å². The van der Waals surface area contributed by atoms with Crippen LogP contribution in [-0.4, -0.2) is 27.5 Å². The number of benzene rings is 2. The van der Waals surface area contributed by atoms with Gasteiger partial charge >= 0.3 is 43.4 Å². The van der Waals surface area contributed by atoms with E-state index in [1.165, 1.54) is 77.0 Å². The fraction of sp³-hybridized carbons (Fsp3) is 0.638. The van der Waals surface area contributed by atoms with Crippen molar-refractivity contribution in [3.63, 3.8) is 0 Å². The van der Waals surface area contributed by atoms with Crippen LogP contribution in [0.25, 0.3) is 9.96 Å². The molecule has 2 nitrogen and oxygen atoms in total. The van der Waals surface area contributed by atoms with Crippen LogP contribution in [0.5, 0.6) is 0 Å². The van der Waals surface area contributed by atoms with Gasteiger partial charge in [0.2, 0.25) is 0 Å². The quantitative estimate of drug-likeness (QED) is 0.150. The molecule has 0 amide bonds. The monoisotopic (exact) mass is 976 g/mol. The second-order valence-electron chi connectivity index (χ2n) is 22.9. The van der Waals surface area contributed by atoms with Gasteiger partial charge in [-0.15, -0.1) is 11.1 Å². The molecule has 0 aromatic heterocycles. The molecule has 0 spiro atoms. The van der Waals surface area contributed by atoms with Gasteiger partial charge in [-0.3, -0.25) is 0 Å².